The molecule has 25 heavy (non-hydrogen) atoms. The number of hydrogen-bond acceptors (Lipinski definition) is 4. The van der Waals surface area contributed by atoms with Crippen LogP contribution >= 0.6 is 0 Å². The molecule has 0 saturated carbocycles. The number of urea groups is 1. The molecule has 0 unspecified atom stereocenters. The van der Waals surface area contributed by atoms with Gasteiger partial charge < -0.3 is 25.4 Å². The van der Waals surface area contributed by atoms with Crippen molar-refractivity contribution in [2.45, 2.75) is 31.2 Å². The summed E-state index contributed by atoms with van der Waals surface area (Å²) in [4.78, 5) is 23.5. The Morgan fingerprint density at radius 2 is 2.04 bits per heavy atom. The molecule has 2 fully saturated rings. The standard InChI is InChI=1S/C18H25N3O4/c1-2-25-14-5-3-13(4-6-14)18(7-9-24-10-8-18)12-20-16(22)15-11-19-17(23)21-15/h3-6,15H,2,7-12H2,1H3,(H,20,22)(H2,19,21,23)/t15-/m0/s1. The summed E-state index contributed by atoms with van der Waals surface area (Å²) in [6.07, 6.45) is 1.69. The molecule has 1 atom stereocenters. The van der Waals surface area contributed by atoms with E-state index in [0.29, 0.717) is 32.9 Å². The second-order valence-corrected chi connectivity index (χ2v) is 6.47. The number of nitrogens with one attached hydrogen (secondary N) is 3. The van der Waals surface area contributed by atoms with Crippen molar-refractivity contribution in [3.8, 4) is 5.75 Å². The fourth-order valence-corrected chi connectivity index (χ4v) is 3.39. The molecular formula is C18H25N3O4. The van der Waals surface area contributed by atoms with Crippen LogP contribution in [-0.2, 0) is 14.9 Å². The Balaban J connectivity index is 1.70. The van der Waals surface area contributed by atoms with Crippen LogP contribution in [0.1, 0.15) is 25.3 Å². The highest BCUT2D eigenvalue weighted by molar-refractivity contribution is 5.90. The maximum absolute atomic E-state index is 12.3. The third-order valence-corrected chi connectivity index (χ3v) is 4.92. The molecule has 0 aliphatic carbocycles. The van der Waals surface area contributed by atoms with E-state index < -0.39 is 6.04 Å². The lowest BCUT2D eigenvalue weighted by molar-refractivity contribution is -0.122. The second kappa shape index (κ2) is 7.74. The molecule has 0 spiro atoms. The number of hydrogen-bond donors (Lipinski definition) is 3. The molecule has 7 heteroatoms. The summed E-state index contributed by atoms with van der Waals surface area (Å²) < 4.78 is 11.0. The van der Waals surface area contributed by atoms with Gasteiger partial charge >= 0.3 is 6.03 Å². The van der Waals surface area contributed by atoms with Gasteiger partial charge in [-0.1, -0.05) is 12.1 Å². The van der Waals surface area contributed by atoms with E-state index in [1.165, 1.54) is 5.56 Å². The van der Waals surface area contributed by atoms with Crippen LogP contribution in [0.2, 0.25) is 0 Å². The van der Waals surface area contributed by atoms with Gasteiger partial charge in [-0.25, -0.2) is 4.79 Å². The van der Waals surface area contributed by atoms with Crippen LogP contribution in [0.3, 0.4) is 0 Å². The minimum absolute atomic E-state index is 0.157. The molecule has 7 nitrogen and oxygen atoms in total. The molecule has 1 aromatic rings. The lowest BCUT2D eigenvalue weighted by Crippen LogP contribution is -2.49. The molecule has 2 aliphatic heterocycles. The molecule has 2 saturated heterocycles. The molecule has 2 aliphatic rings. The van der Waals surface area contributed by atoms with Gasteiger partial charge in [0, 0.05) is 31.7 Å². The fourth-order valence-electron chi connectivity index (χ4n) is 3.39. The number of ether oxygens (including phenoxy) is 2. The fraction of sp³-hybridized carbons (Fsp3) is 0.556. The van der Waals surface area contributed by atoms with Gasteiger partial charge in [0.1, 0.15) is 11.8 Å². The van der Waals surface area contributed by atoms with Gasteiger partial charge in [0.05, 0.1) is 6.61 Å². The smallest absolute Gasteiger partial charge is 0.315 e. The number of carbonyl (C=O) groups excluding carboxylic acids is 2. The maximum Gasteiger partial charge on any atom is 0.315 e. The Kier molecular flexibility index (Phi) is 5.43. The van der Waals surface area contributed by atoms with Crippen LogP contribution in [0, 0.1) is 0 Å². The normalized spacial score (nSPS) is 22.0. The summed E-state index contributed by atoms with van der Waals surface area (Å²) in [5.74, 6) is 0.687. The van der Waals surface area contributed by atoms with Crippen LogP contribution < -0.4 is 20.7 Å². The zero-order valence-corrected chi connectivity index (χ0v) is 14.5. The highest BCUT2D eigenvalue weighted by atomic mass is 16.5. The number of benzene rings is 1. The first-order chi connectivity index (χ1) is 12.1. The summed E-state index contributed by atoms with van der Waals surface area (Å²) >= 11 is 0. The molecule has 0 bridgehead atoms. The molecule has 2 heterocycles. The van der Waals surface area contributed by atoms with E-state index >= 15 is 0 Å². The van der Waals surface area contributed by atoms with Gasteiger partial charge in [-0.15, -0.1) is 0 Å². The average Bonchev–Trinajstić information content (AvgIpc) is 3.08. The van der Waals surface area contributed by atoms with Crippen LogP contribution in [0.15, 0.2) is 24.3 Å². The highest BCUT2D eigenvalue weighted by Gasteiger charge is 2.36. The molecule has 1 aromatic carbocycles. The van der Waals surface area contributed by atoms with Crippen molar-refractivity contribution in [1.29, 1.82) is 0 Å². The summed E-state index contributed by atoms with van der Waals surface area (Å²) in [7, 11) is 0. The van der Waals surface area contributed by atoms with E-state index in [1.54, 1.807) is 0 Å². The first-order valence-electron chi connectivity index (χ1n) is 8.76. The van der Waals surface area contributed by atoms with E-state index in [4.69, 9.17) is 9.47 Å². The molecule has 3 N–H and O–H groups in total. The van der Waals surface area contributed by atoms with E-state index in [2.05, 4.69) is 28.1 Å². The monoisotopic (exact) mass is 347 g/mol. The molecule has 0 radical (unpaired) electrons. The van der Waals surface area contributed by atoms with Gasteiger partial charge in [0.15, 0.2) is 0 Å². The zero-order valence-electron chi connectivity index (χ0n) is 14.5. The predicted octanol–water partition coefficient (Wildman–Crippen LogP) is 0.931. The van der Waals surface area contributed by atoms with Crippen molar-refractivity contribution in [2.24, 2.45) is 0 Å². The van der Waals surface area contributed by atoms with Gasteiger partial charge in [-0.2, -0.15) is 0 Å². The Morgan fingerprint density at radius 3 is 2.64 bits per heavy atom. The lowest BCUT2D eigenvalue weighted by atomic mass is 9.74. The van der Waals surface area contributed by atoms with Crippen LogP contribution in [0.25, 0.3) is 0 Å². The molecule has 0 aromatic heterocycles. The van der Waals surface area contributed by atoms with Crippen molar-refractivity contribution in [3.63, 3.8) is 0 Å². The summed E-state index contributed by atoms with van der Waals surface area (Å²) in [6, 6.07) is 7.28. The third-order valence-electron chi connectivity index (χ3n) is 4.92. The SMILES string of the molecule is CCOc1ccc(C2(CNC(=O)[C@@H]3CNC(=O)N3)CCOCC2)cc1. The summed E-state index contributed by atoms with van der Waals surface area (Å²) in [5, 5.41) is 8.23. The first-order valence-corrected chi connectivity index (χ1v) is 8.76. The van der Waals surface area contributed by atoms with Crippen LogP contribution in [0.4, 0.5) is 4.79 Å². The van der Waals surface area contributed by atoms with Crippen molar-refractivity contribution in [1.82, 2.24) is 16.0 Å². The first kappa shape index (κ1) is 17.5. The van der Waals surface area contributed by atoms with Gasteiger partial charge in [-0.05, 0) is 37.5 Å². The van der Waals surface area contributed by atoms with E-state index in [-0.39, 0.29) is 17.4 Å². The van der Waals surface area contributed by atoms with Crippen LogP contribution in [0.5, 0.6) is 5.75 Å². The minimum Gasteiger partial charge on any atom is -0.494 e. The molecule has 136 valence electrons. The van der Waals surface area contributed by atoms with Crippen molar-refractivity contribution >= 4 is 11.9 Å². The Hall–Kier alpha value is -2.28. The van der Waals surface area contributed by atoms with Crippen molar-refractivity contribution < 1.29 is 19.1 Å². The number of carbonyl (C=O) groups is 2. The topological polar surface area (TPSA) is 88.7 Å². The number of amides is 3. The van der Waals surface area contributed by atoms with E-state index in [9.17, 15) is 9.59 Å². The number of rotatable bonds is 6. The van der Waals surface area contributed by atoms with Gasteiger partial charge in [0.25, 0.3) is 0 Å². The van der Waals surface area contributed by atoms with Crippen molar-refractivity contribution in [2.75, 3.05) is 32.9 Å². The van der Waals surface area contributed by atoms with Gasteiger partial charge in [0.2, 0.25) is 5.91 Å². The van der Waals surface area contributed by atoms with Crippen molar-refractivity contribution in [3.05, 3.63) is 29.8 Å². The average molecular weight is 347 g/mol. The predicted molar refractivity (Wildman–Crippen MR) is 92.7 cm³/mol. The Bertz CT molecular complexity index is 611. The summed E-state index contributed by atoms with van der Waals surface area (Å²) in [6.45, 7) is 4.78. The quantitative estimate of drug-likeness (QED) is 0.714. The molecular weight excluding hydrogens is 322 g/mol. The summed E-state index contributed by atoms with van der Waals surface area (Å²) in [5.41, 5.74) is 1.02. The maximum atomic E-state index is 12.3. The van der Waals surface area contributed by atoms with Crippen LogP contribution in [-0.4, -0.2) is 50.9 Å². The van der Waals surface area contributed by atoms with Gasteiger partial charge in [-0.3, -0.25) is 4.79 Å². The highest BCUT2D eigenvalue weighted by Crippen LogP contribution is 2.35. The zero-order chi connectivity index (χ0) is 17.7. The molecule has 3 rings (SSSR count). The second-order valence-electron chi connectivity index (χ2n) is 6.47. The Morgan fingerprint density at radius 1 is 1.32 bits per heavy atom. The molecule has 3 amide bonds. The lowest BCUT2D eigenvalue weighted by Gasteiger charge is -2.38. The third kappa shape index (κ3) is 4.04. The minimum atomic E-state index is -0.510. The largest absolute Gasteiger partial charge is 0.494 e. The van der Waals surface area contributed by atoms with E-state index in [0.717, 1.165) is 18.6 Å². The van der Waals surface area contributed by atoms with E-state index in [1.807, 2.05) is 19.1 Å². The Labute approximate surface area is 147 Å².